The third-order valence-corrected chi connectivity index (χ3v) is 4.44. The molecule has 0 unspecified atom stereocenters. The zero-order valence-electron chi connectivity index (χ0n) is 16.6. The van der Waals surface area contributed by atoms with Gasteiger partial charge in [0.15, 0.2) is 0 Å². The van der Waals surface area contributed by atoms with Crippen molar-refractivity contribution in [1.29, 1.82) is 0 Å². The molecule has 1 rings (SSSR count). The molecule has 6 heteroatoms. The van der Waals surface area contributed by atoms with Crippen LogP contribution < -0.4 is 0 Å². The Bertz CT molecular complexity index is 551. The van der Waals surface area contributed by atoms with E-state index in [1.807, 2.05) is 12.2 Å². The lowest BCUT2D eigenvalue weighted by Crippen LogP contribution is -2.24. The molecule has 0 amide bonds. The molecule has 0 aromatic rings. The summed E-state index contributed by atoms with van der Waals surface area (Å²) >= 11 is 0. The molecule has 28 heavy (non-hydrogen) atoms. The van der Waals surface area contributed by atoms with Crippen LogP contribution in [0.15, 0.2) is 48.6 Å². The van der Waals surface area contributed by atoms with E-state index in [0.717, 1.165) is 12.8 Å². The fourth-order valence-corrected chi connectivity index (χ4v) is 2.87. The van der Waals surface area contributed by atoms with Crippen LogP contribution in [0.1, 0.15) is 51.9 Å². The fourth-order valence-electron chi connectivity index (χ4n) is 2.87. The lowest BCUT2D eigenvalue weighted by atomic mass is 10.0. The largest absolute Gasteiger partial charge is 0.481 e. The normalized spacial score (nSPS) is 25.5. The molecular formula is C22H34O6. The van der Waals surface area contributed by atoms with Crippen LogP contribution >= 0.6 is 0 Å². The molecule has 1 aliphatic rings. The minimum atomic E-state index is -0.901. The number of rotatable bonds is 13. The van der Waals surface area contributed by atoms with Crippen molar-refractivity contribution in [2.75, 3.05) is 0 Å². The van der Waals surface area contributed by atoms with E-state index in [1.54, 1.807) is 18.2 Å². The van der Waals surface area contributed by atoms with Crippen molar-refractivity contribution in [1.82, 2.24) is 0 Å². The van der Waals surface area contributed by atoms with Crippen molar-refractivity contribution in [3.8, 4) is 0 Å². The first kappa shape index (κ1) is 24.3. The van der Waals surface area contributed by atoms with E-state index in [9.17, 15) is 20.1 Å². The first-order chi connectivity index (χ1) is 13.4. The highest BCUT2D eigenvalue weighted by atomic mass is 16.5. The zero-order valence-corrected chi connectivity index (χ0v) is 16.6. The van der Waals surface area contributed by atoms with E-state index in [2.05, 4.69) is 19.1 Å². The summed E-state index contributed by atoms with van der Waals surface area (Å²) in [5, 5.41) is 38.8. The highest BCUT2D eigenvalue weighted by Gasteiger charge is 2.36. The van der Waals surface area contributed by atoms with E-state index < -0.39 is 36.5 Å². The van der Waals surface area contributed by atoms with Crippen molar-refractivity contribution in [2.24, 2.45) is 0 Å². The maximum absolute atomic E-state index is 10.5. The summed E-state index contributed by atoms with van der Waals surface area (Å²) in [6, 6.07) is 0. The van der Waals surface area contributed by atoms with Crippen LogP contribution in [0.5, 0.6) is 0 Å². The highest BCUT2D eigenvalue weighted by Crippen LogP contribution is 2.26. The van der Waals surface area contributed by atoms with Gasteiger partial charge in [0, 0.05) is 12.8 Å². The van der Waals surface area contributed by atoms with Gasteiger partial charge in [0.25, 0.3) is 0 Å². The standard InChI is InChI=1S/C22H34O6/c1-2-3-4-5-6-8-11-17(23)14-15-18(24)21-16-19(25)20(28-21)12-9-7-10-13-22(26)27/h3-4,6-9,14-15,17-21,23-25H,2,5,10-13,16H2,1H3,(H,26,27)/b4-3-,8-6-,9-7-,15-14+/t17-,18+,19+,20-,21-/m1/s1. The van der Waals surface area contributed by atoms with Gasteiger partial charge in [-0.2, -0.15) is 0 Å². The molecule has 6 nitrogen and oxygen atoms in total. The lowest BCUT2D eigenvalue weighted by molar-refractivity contribution is -0.136. The Kier molecular flexibility index (Phi) is 12.4. The molecular weight excluding hydrogens is 360 g/mol. The van der Waals surface area contributed by atoms with E-state index in [0.29, 0.717) is 25.7 Å². The van der Waals surface area contributed by atoms with Crippen molar-refractivity contribution in [2.45, 2.75) is 82.4 Å². The molecule has 1 fully saturated rings. The maximum atomic E-state index is 10.5. The molecule has 1 saturated heterocycles. The number of allylic oxidation sites excluding steroid dienone is 4. The average Bonchev–Trinajstić information content (AvgIpc) is 3.03. The summed E-state index contributed by atoms with van der Waals surface area (Å²) < 4.78 is 5.71. The molecule has 0 spiro atoms. The third kappa shape index (κ3) is 10.6. The third-order valence-electron chi connectivity index (χ3n) is 4.44. The highest BCUT2D eigenvalue weighted by molar-refractivity contribution is 5.66. The SMILES string of the molecule is CC/C=C\C/C=C\C[C@@H](O)/C=C/[C@H](O)[C@H]1C[C@H](O)[C@@H](C/C=C\CCC(=O)O)O1. The van der Waals surface area contributed by atoms with Gasteiger partial charge in [0.2, 0.25) is 0 Å². The molecule has 1 heterocycles. The Balaban J connectivity index is 2.33. The van der Waals surface area contributed by atoms with Crippen molar-refractivity contribution >= 4 is 5.97 Å². The van der Waals surface area contributed by atoms with Gasteiger partial charge in [-0.3, -0.25) is 4.79 Å². The van der Waals surface area contributed by atoms with Crippen LogP contribution in [0.2, 0.25) is 0 Å². The molecule has 5 atom stereocenters. The number of ether oxygens (including phenoxy) is 1. The van der Waals surface area contributed by atoms with Crippen LogP contribution in [0.25, 0.3) is 0 Å². The van der Waals surface area contributed by atoms with Crippen molar-refractivity contribution < 1.29 is 30.0 Å². The molecule has 4 N–H and O–H groups in total. The Morgan fingerprint density at radius 3 is 2.57 bits per heavy atom. The van der Waals surface area contributed by atoms with Crippen molar-refractivity contribution in [3.05, 3.63) is 48.6 Å². The Morgan fingerprint density at radius 1 is 1.11 bits per heavy atom. The number of aliphatic hydroxyl groups excluding tert-OH is 3. The van der Waals surface area contributed by atoms with E-state index in [4.69, 9.17) is 9.84 Å². The molecule has 0 aliphatic carbocycles. The number of hydrogen-bond donors (Lipinski definition) is 4. The smallest absolute Gasteiger partial charge is 0.303 e. The number of hydrogen-bond acceptors (Lipinski definition) is 5. The molecule has 0 radical (unpaired) electrons. The van der Waals surface area contributed by atoms with Crippen molar-refractivity contribution in [3.63, 3.8) is 0 Å². The van der Waals surface area contributed by atoms with Gasteiger partial charge < -0.3 is 25.2 Å². The topological polar surface area (TPSA) is 107 Å². The van der Waals surface area contributed by atoms with Gasteiger partial charge in [-0.05, 0) is 32.1 Å². The minimum absolute atomic E-state index is 0.0731. The average molecular weight is 395 g/mol. The van der Waals surface area contributed by atoms with E-state index >= 15 is 0 Å². The Labute approximate surface area is 167 Å². The minimum Gasteiger partial charge on any atom is -0.481 e. The second kappa shape index (κ2) is 14.3. The van der Waals surface area contributed by atoms with Gasteiger partial charge in [-0.15, -0.1) is 0 Å². The summed E-state index contributed by atoms with van der Waals surface area (Å²) in [6.07, 6.45) is 15.1. The second-order valence-electron chi connectivity index (χ2n) is 6.92. The molecule has 0 aromatic heterocycles. The van der Waals surface area contributed by atoms with Crippen LogP contribution in [-0.2, 0) is 9.53 Å². The molecule has 0 aromatic carbocycles. The first-order valence-corrected chi connectivity index (χ1v) is 9.98. The van der Waals surface area contributed by atoms with E-state index in [1.165, 1.54) is 6.08 Å². The second-order valence-corrected chi connectivity index (χ2v) is 6.92. The Morgan fingerprint density at radius 2 is 1.86 bits per heavy atom. The molecule has 158 valence electrons. The summed E-state index contributed by atoms with van der Waals surface area (Å²) in [6.45, 7) is 2.08. The predicted octanol–water partition coefficient (Wildman–Crippen LogP) is 2.90. The number of carbonyl (C=O) groups is 1. The number of aliphatic carboxylic acids is 1. The lowest BCUT2D eigenvalue weighted by Gasteiger charge is -2.16. The Hall–Kier alpha value is -1.73. The number of aliphatic hydroxyl groups is 3. The van der Waals surface area contributed by atoms with Gasteiger partial charge in [-0.1, -0.05) is 55.5 Å². The van der Waals surface area contributed by atoms with Crippen LogP contribution in [0.3, 0.4) is 0 Å². The predicted molar refractivity (Wildman–Crippen MR) is 109 cm³/mol. The molecule has 0 bridgehead atoms. The van der Waals surface area contributed by atoms with Gasteiger partial charge in [-0.25, -0.2) is 0 Å². The first-order valence-electron chi connectivity index (χ1n) is 9.98. The summed E-state index contributed by atoms with van der Waals surface area (Å²) in [5.74, 6) is -0.845. The van der Waals surface area contributed by atoms with Crippen LogP contribution in [0.4, 0.5) is 0 Å². The van der Waals surface area contributed by atoms with Crippen LogP contribution in [0, 0.1) is 0 Å². The van der Waals surface area contributed by atoms with Gasteiger partial charge in [0.1, 0.15) is 0 Å². The van der Waals surface area contributed by atoms with E-state index in [-0.39, 0.29) is 6.42 Å². The summed E-state index contributed by atoms with van der Waals surface area (Å²) in [5.41, 5.74) is 0. The number of carboxylic acid groups (broad SMARTS) is 1. The monoisotopic (exact) mass is 394 g/mol. The molecule has 0 saturated carbocycles. The van der Waals surface area contributed by atoms with Gasteiger partial charge >= 0.3 is 5.97 Å². The fraction of sp³-hybridized carbons (Fsp3) is 0.591. The zero-order chi connectivity index (χ0) is 20.8. The summed E-state index contributed by atoms with van der Waals surface area (Å²) in [7, 11) is 0. The van der Waals surface area contributed by atoms with Gasteiger partial charge in [0.05, 0.1) is 30.5 Å². The summed E-state index contributed by atoms with van der Waals surface area (Å²) in [4.78, 5) is 10.5. The molecule has 1 aliphatic heterocycles. The maximum Gasteiger partial charge on any atom is 0.303 e. The van der Waals surface area contributed by atoms with Crippen LogP contribution in [-0.4, -0.2) is 56.9 Å². The number of carboxylic acids is 1. The quantitative estimate of drug-likeness (QED) is 0.358.